The van der Waals surface area contributed by atoms with Crippen LogP contribution in [-0.2, 0) is 13.1 Å². The monoisotopic (exact) mass is 321 g/mol. The van der Waals surface area contributed by atoms with Crippen molar-refractivity contribution in [3.8, 4) is 11.3 Å². The third-order valence-electron chi connectivity index (χ3n) is 4.44. The lowest BCUT2D eigenvalue weighted by Crippen LogP contribution is -2.26. The van der Waals surface area contributed by atoms with Crippen molar-refractivity contribution in [2.75, 3.05) is 0 Å². The number of nitrogens with one attached hydrogen (secondary N) is 1. The van der Waals surface area contributed by atoms with Crippen molar-refractivity contribution in [3.63, 3.8) is 0 Å². The molecule has 3 aromatic rings. The van der Waals surface area contributed by atoms with Gasteiger partial charge < -0.3 is 4.90 Å². The minimum Gasteiger partial charge on any atom is -0.328 e. The maximum Gasteiger partial charge on any atom is 0.257 e. The summed E-state index contributed by atoms with van der Waals surface area (Å²) >= 11 is 0. The summed E-state index contributed by atoms with van der Waals surface area (Å²) in [6.07, 6.45) is 0. The van der Waals surface area contributed by atoms with Crippen LogP contribution in [0.1, 0.15) is 27.2 Å². The molecule has 0 atom stereocenters. The van der Waals surface area contributed by atoms with Crippen LogP contribution in [-0.4, -0.2) is 21.0 Å². The van der Waals surface area contributed by atoms with Crippen LogP contribution in [0.3, 0.4) is 0 Å². The normalized spacial score (nSPS) is 13.2. The molecule has 1 N–H and O–H groups in total. The first-order valence-electron chi connectivity index (χ1n) is 7.81. The standard InChI is InChI=1S/C19H16FN3O/c1-12-6-2-3-7-13(12)18-15-10-23(11-17(15)21-22-18)19(24)14-8-4-5-9-16(14)20/h2-9H,10-11H2,1H3,(H,21,22). The van der Waals surface area contributed by atoms with Crippen molar-refractivity contribution < 1.29 is 9.18 Å². The molecule has 2 aromatic carbocycles. The average molecular weight is 321 g/mol. The van der Waals surface area contributed by atoms with Crippen LogP contribution in [0.15, 0.2) is 48.5 Å². The third-order valence-corrected chi connectivity index (χ3v) is 4.44. The molecule has 5 heteroatoms. The molecule has 0 spiro atoms. The van der Waals surface area contributed by atoms with Gasteiger partial charge in [-0.25, -0.2) is 4.39 Å². The average Bonchev–Trinajstić information content (AvgIpc) is 3.16. The van der Waals surface area contributed by atoms with Gasteiger partial charge in [-0.05, 0) is 24.6 Å². The van der Waals surface area contributed by atoms with Gasteiger partial charge in [-0.3, -0.25) is 9.89 Å². The van der Waals surface area contributed by atoms with Gasteiger partial charge in [-0.15, -0.1) is 0 Å². The van der Waals surface area contributed by atoms with Gasteiger partial charge in [-0.1, -0.05) is 36.4 Å². The van der Waals surface area contributed by atoms with E-state index in [2.05, 4.69) is 10.2 Å². The summed E-state index contributed by atoms with van der Waals surface area (Å²) in [4.78, 5) is 14.2. The Labute approximate surface area is 138 Å². The lowest BCUT2D eigenvalue weighted by molar-refractivity contribution is 0.0745. The highest BCUT2D eigenvalue weighted by Crippen LogP contribution is 2.33. The summed E-state index contributed by atoms with van der Waals surface area (Å²) < 4.78 is 13.9. The number of amides is 1. The summed E-state index contributed by atoms with van der Waals surface area (Å²) in [6.45, 7) is 2.89. The van der Waals surface area contributed by atoms with Crippen molar-refractivity contribution >= 4 is 5.91 Å². The van der Waals surface area contributed by atoms with Crippen LogP contribution >= 0.6 is 0 Å². The van der Waals surface area contributed by atoms with Gasteiger partial charge >= 0.3 is 0 Å². The number of hydrogen-bond acceptors (Lipinski definition) is 2. The van der Waals surface area contributed by atoms with E-state index in [1.54, 1.807) is 17.0 Å². The number of hydrogen-bond donors (Lipinski definition) is 1. The van der Waals surface area contributed by atoms with E-state index in [1.165, 1.54) is 12.1 Å². The lowest BCUT2D eigenvalue weighted by atomic mass is 10.0. The van der Waals surface area contributed by atoms with Crippen LogP contribution in [0.5, 0.6) is 0 Å². The smallest absolute Gasteiger partial charge is 0.257 e. The van der Waals surface area contributed by atoms with Crippen molar-refractivity contribution in [2.45, 2.75) is 20.0 Å². The van der Waals surface area contributed by atoms with E-state index in [0.717, 1.165) is 28.1 Å². The molecule has 120 valence electrons. The van der Waals surface area contributed by atoms with E-state index >= 15 is 0 Å². The second-order valence-corrected chi connectivity index (χ2v) is 5.99. The zero-order valence-electron chi connectivity index (χ0n) is 13.2. The van der Waals surface area contributed by atoms with Gasteiger partial charge in [-0.2, -0.15) is 5.10 Å². The minimum absolute atomic E-state index is 0.105. The Bertz CT molecular complexity index is 932. The fourth-order valence-corrected chi connectivity index (χ4v) is 3.15. The molecule has 0 radical (unpaired) electrons. The SMILES string of the molecule is Cc1ccccc1-c1n[nH]c2c1CN(C(=O)c1ccccc1F)C2. The van der Waals surface area contributed by atoms with E-state index in [0.29, 0.717) is 13.1 Å². The summed E-state index contributed by atoms with van der Waals surface area (Å²) in [5.41, 5.74) is 5.08. The number of aryl methyl sites for hydroxylation is 1. The van der Waals surface area contributed by atoms with Crippen molar-refractivity contribution in [2.24, 2.45) is 0 Å². The zero-order valence-corrected chi connectivity index (χ0v) is 13.2. The molecule has 1 aromatic heterocycles. The molecule has 0 bridgehead atoms. The topological polar surface area (TPSA) is 49.0 Å². The predicted octanol–water partition coefficient (Wildman–Crippen LogP) is 3.68. The Morgan fingerprint density at radius 3 is 2.67 bits per heavy atom. The highest BCUT2D eigenvalue weighted by Gasteiger charge is 2.30. The maximum absolute atomic E-state index is 13.9. The molecule has 0 saturated heterocycles. The van der Waals surface area contributed by atoms with E-state index < -0.39 is 5.82 Å². The molecule has 2 heterocycles. The number of benzene rings is 2. The molecule has 1 amide bonds. The minimum atomic E-state index is -0.490. The summed E-state index contributed by atoms with van der Waals surface area (Å²) in [5.74, 6) is -0.788. The molecule has 0 aliphatic carbocycles. The van der Waals surface area contributed by atoms with E-state index in [1.807, 2.05) is 31.2 Å². The molecule has 1 aliphatic rings. The first kappa shape index (κ1) is 14.6. The van der Waals surface area contributed by atoms with Crippen molar-refractivity contribution in [1.29, 1.82) is 0 Å². The highest BCUT2D eigenvalue weighted by atomic mass is 19.1. The molecule has 4 rings (SSSR count). The van der Waals surface area contributed by atoms with Gasteiger partial charge in [0.15, 0.2) is 0 Å². The van der Waals surface area contributed by atoms with Gasteiger partial charge in [0, 0.05) is 11.1 Å². The predicted molar refractivity (Wildman–Crippen MR) is 88.7 cm³/mol. The number of halogens is 1. The van der Waals surface area contributed by atoms with Gasteiger partial charge in [0.1, 0.15) is 5.82 Å². The molecule has 0 saturated carbocycles. The van der Waals surface area contributed by atoms with Crippen LogP contribution in [0.4, 0.5) is 4.39 Å². The quantitative estimate of drug-likeness (QED) is 0.783. The summed E-state index contributed by atoms with van der Waals surface area (Å²) in [5, 5.41) is 7.44. The first-order valence-corrected chi connectivity index (χ1v) is 7.81. The molecule has 0 unspecified atom stereocenters. The Hall–Kier alpha value is -2.95. The Morgan fingerprint density at radius 2 is 1.88 bits per heavy atom. The van der Waals surface area contributed by atoms with E-state index in [-0.39, 0.29) is 11.5 Å². The Morgan fingerprint density at radius 1 is 1.12 bits per heavy atom. The van der Waals surface area contributed by atoms with Crippen molar-refractivity contribution in [3.05, 3.63) is 76.7 Å². The molecule has 24 heavy (non-hydrogen) atoms. The summed E-state index contributed by atoms with van der Waals surface area (Å²) in [7, 11) is 0. The molecule has 4 nitrogen and oxygen atoms in total. The molecular formula is C19H16FN3O. The van der Waals surface area contributed by atoms with Crippen molar-refractivity contribution in [1.82, 2.24) is 15.1 Å². The Kier molecular flexibility index (Phi) is 3.41. The van der Waals surface area contributed by atoms with Crippen LogP contribution in [0, 0.1) is 12.7 Å². The van der Waals surface area contributed by atoms with Gasteiger partial charge in [0.25, 0.3) is 5.91 Å². The number of H-pyrrole nitrogens is 1. The number of carbonyl (C=O) groups is 1. The number of carbonyl (C=O) groups excluding carboxylic acids is 1. The number of fused-ring (bicyclic) bond motifs is 1. The number of nitrogens with zero attached hydrogens (tertiary/aromatic N) is 2. The number of rotatable bonds is 2. The van der Waals surface area contributed by atoms with Gasteiger partial charge in [0.2, 0.25) is 0 Å². The fraction of sp³-hybridized carbons (Fsp3) is 0.158. The molecule has 1 aliphatic heterocycles. The Balaban J connectivity index is 1.65. The van der Waals surface area contributed by atoms with Gasteiger partial charge in [0.05, 0.1) is 30.0 Å². The summed E-state index contributed by atoms with van der Waals surface area (Å²) in [6, 6.07) is 14.1. The van der Waals surface area contributed by atoms with Crippen LogP contribution < -0.4 is 0 Å². The largest absolute Gasteiger partial charge is 0.328 e. The molecular weight excluding hydrogens is 305 g/mol. The number of aromatic nitrogens is 2. The highest BCUT2D eigenvalue weighted by molar-refractivity contribution is 5.95. The van der Waals surface area contributed by atoms with E-state index in [9.17, 15) is 9.18 Å². The maximum atomic E-state index is 13.9. The number of aromatic amines is 1. The van der Waals surface area contributed by atoms with Crippen LogP contribution in [0.2, 0.25) is 0 Å². The molecule has 0 fully saturated rings. The second kappa shape index (κ2) is 5.60. The first-order chi connectivity index (χ1) is 11.6. The zero-order chi connectivity index (χ0) is 16.7. The van der Waals surface area contributed by atoms with E-state index in [4.69, 9.17) is 0 Å². The lowest BCUT2D eigenvalue weighted by Gasteiger charge is -2.16. The van der Waals surface area contributed by atoms with Crippen LogP contribution in [0.25, 0.3) is 11.3 Å². The second-order valence-electron chi connectivity index (χ2n) is 5.99. The third kappa shape index (κ3) is 2.29. The fourth-order valence-electron chi connectivity index (χ4n) is 3.15.